The molecule has 2 heterocycles. The predicted molar refractivity (Wildman–Crippen MR) is 92.5 cm³/mol. The zero-order valence-electron chi connectivity index (χ0n) is 14.0. The highest BCUT2D eigenvalue weighted by Crippen LogP contribution is 2.50. The van der Waals surface area contributed by atoms with Crippen molar-refractivity contribution < 1.29 is 18.0 Å². The molecule has 0 bridgehead atoms. The number of carbonyl (C=O) groups excluding carboxylic acids is 1. The summed E-state index contributed by atoms with van der Waals surface area (Å²) in [6, 6.07) is 6.05. The number of oxazole rings is 1. The van der Waals surface area contributed by atoms with E-state index in [4.69, 9.17) is 16.0 Å². The Morgan fingerprint density at radius 3 is 2.69 bits per heavy atom. The van der Waals surface area contributed by atoms with Crippen LogP contribution in [0.15, 0.2) is 22.6 Å². The van der Waals surface area contributed by atoms with E-state index in [1.165, 1.54) is 0 Å². The summed E-state index contributed by atoms with van der Waals surface area (Å²) in [5.41, 5.74) is 1.63. The molecule has 0 atom stereocenters. The lowest BCUT2D eigenvalue weighted by Gasteiger charge is -2.58. The van der Waals surface area contributed by atoms with Gasteiger partial charge in [0.2, 0.25) is 11.8 Å². The first-order chi connectivity index (χ1) is 12.3. The number of nitrogens with zero attached hydrogens (tertiary/aromatic N) is 2. The molecule has 5 nitrogen and oxygen atoms in total. The van der Waals surface area contributed by atoms with Crippen LogP contribution >= 0.6 is 11.6 Å². The van der Waals surface area contributed by atoms with Crippen LogP contribution in [0.5, 0.6) is 0 Å². The van der Waals surface area contributed by atoms with Crippen molar-refractivity contribution in [3.05, 3.63) is 23.2 Å². The number of rotatable bonds is 3. The summed E-state index contributed by atoms with van der Waals surface area (Å²) >= 11 is 5.97. The lowest BCUT2D eigenvalue weighted by atomic mass is 9.60. The smallest absolute Gasteiger partial charge is 0.298 e. The number of nitrogens with one attached hydrogen (secondary N) is 1. The normalized spacial score (nSPS) is 24.2. The van der Waals surface area contributed by atoms with E-state index in [9.17, 15) is 13.6 Å². The SMILES string of the molecule is O=C(NC1CC2(C1)CN(c1nc3cc(Cl)ccc3o1)C2)C1CC(F)(F)C1. The quantitative estimate of drug-likeness (QED) is 0.882. The molecule has 1 spiro atoms. The van der Waals surface area contributed by atoms with Crippen molar-refractivity contribution in [1.29, 1.82) is 0 Å². The fourth-order valence-corrected chi connectivity index (χ4v) is 4.60. The second kappa shape index (κ2) is 5.31. The molecule has 0 unspecified atom stereocenters. The van der Waals surface area contributed by atoms with Gasteiger partial charge in [-0.2, -0.15) is 4.98 Å². The first-order valence-corrected chi connectivity index (χ1v) is 9.18. The van der Waals surface area contributed by atoms with E-state index in [1.54, 1.807) is 12.1 Å². The van der Waals surface area contributed by atoms with Crippen LogP contribution in [-0.2, 0) is 4.79 Å². The Morgan fingerprint density at radius 1 is 1.27 bits per heavy atom. The van der Waals surface area contributed by atoms with Crippen molar-refractivity contribution >= 4 is 34.6 Å². The highest BCUT2D eigenvalue weighted by molar-refractivity contribution is 6.31. The van der Waals surface area contributed by atoms with Crippen LogP contribution in [0.3, 0.4) is 0 Å². The first-order valence-electron chi connectivity index (χ1n) is 8.80. The molecule has 2 aliphatic carbocycles. The number of benzene rings is 1. The maximum atomic E-state index is 12.9. The molecule has 1 aromatic carbocycles. The number of hydrogen-bond acceptors (Lipinski definition) is 4. The van der Waals surface area contributed by atoms with Gasteiger partial charge in [0, 0.05) is 48.3 Å². The van der Waals surface area contributed by atoms with Crippen molar-refractivity contribution in [3.8, 4) is 0 Å². The minimum atomic E-state index is -2.65. The standard InChI is InChI=1S/C18H18ClF2N3O2/c19-11-1-2-14-13(3-11)23-16(26-14)24-8-17(9-24)6-12(7-17)22-15(25)10-4-18(20,21)5-10/h1-3,10,12H,4-9H2,(H,22,25). The fraction of sp³-hybridized carbons (Fsp3) is 0.556. The van der Waals surface area contributed by atoms with Gasteiger partial charge in [-0.05, 0) is 31.0 Å². The Balaban J connectivity index is 1.13. The number of aromatic nitrogens is 1. The Bertz CT molecular complexity index is 878. The van der Waals surface area contributed by atoms with Crippen LogP contribution in [0.1, 0.15) is 25.7 Å². The Hall–Kier alpha value is -1.89. The van der Waals surface area contributed by atoms with Gasteiger partial charge in [0.15, 0.2) is 5.58 Å². The molecule has 26 heavy (non-hydrogen) atoms. The summed E-state index contributed by atoms with van der Waals surface area (Å²) in [6.07, 6.45) is 1.13. The number of fused-ring (bicyclic) bond motifs is 1. The molecule has 0 radical (unpaired) electrons. The van der Waals surface area contributed by atoms with Gasteiger partial charge in [0.05, 0.1) is 0 Å². The zero-order valence-corrected chi connectivity index (χ0v) is 14.7. The monoisotopic (exact) mass is 381 g/mol. The molecule has 8 heteroatoms. The average Bonchev–Trinajstić information content (AvgIpc) is 2.87. The minimum absolute atomic E-state index is 0.0984. The second-order valence-corrected chi connectivity index (χ2v) is 8.48. The van der Waals surface area contributed by atoms with Crippen LogP contribution in [0.2, 0.25) is 5.02 Å². The van der Waals surface area contributed by atoms with Gasteiger partial charge >= 0.3 is 0 Å². The number of alkyl halides is 2. The topological polar surface area (TPSA) is 58.4 Å². The van der Waals surface area contributed by atoms with Gasteiger partial charge in [-0.3, -0.25) is 4.79 Å². The maximum Gasteiger partial charge on any atom is 0.298 e. The maximum absolute atomic E-state index is 12.9. The van der Waals surface area contributed by atoms with Gasteiger partial charge in [0.1, 0.15) is 5.52 Å². The lowest BCUT2D eigenvalue weighted by molar-refractivity contribution is -0.152. The molecule has 2 aromatic rings. The molecule has 3 aliphatic rings. The third kappa shape index (κ3) is 2.64. The molecular formula is C18H18ClF2N3O2. The zero-order chi connectivity index (χ0) is 18.1. The van der Waals surface area contributed by atoms with Crippen molar-refractivity contribution in [1.82, 2.24) is 10.3 Å². The Labute approximate surface area is 153 Å². The van der Waals surface area contributed by atoms with Crippen LogP contribution in [-0.4, -0.2) is 35.9 Å². The van der Waals surface area contributed by atoms with Crippen LogP contribution in [0, 0.1) is 11.3 Å². The molecule has 2 saturated carbocycles. The van der Waals surface area contributed by atoms with E-state index in [2.05, 4.69) is 15.2 Å². The molecule has 1 aliphatic heterocycles. The van der Waals surface area contributed by atoms with E-state index in [-0.39, 0.29) is 30.2 Å². The third-order valence-corrected chi connectivity index (χ3v) is 6.06. The number of halogens is 3. The van der Waals surface area contributed by atoms with Crippen molar-refractivity contribution in [2.24, 2.45) is 11.3 Å². The number of amides is 1. The van der Waals surface area contributed by atoms with E-state index in [0.717, 1.165) is 31.4 Å². The second-order valence-electron chi connectivity index (χ2n) is 8.04. The van der Waals surface area contributed by atoms with E-state index >= 15 is 0 Å². The fourth-order valence-electron chi connectivity index (χ4n) is 4.43. The van der Waals surface area contributed by atoms with Gasteiger partial charge in [0.25, 0.3) is 6.01 Å². The van der Waals surface area contributed by atoms with Crippen LogP contribution < -0.4 is 10.2 Å². The number of carbonyl (C=O) groups is 1. The summed E-state index contributed by atoms with van der Waals surface area (Å²) < 4.78 is 31.5. The lowest BCUT2D eigenvalue weighted by Crippen LogP contribution is -2.67. The van der Waals surface area contributed by atoms with Gasteiger partial charge in [-0.1, -0.05) is 11.6 Å². The Morgan fingerprint density at radius 2 is 2.00 bits per heavy atom. The molecular weight excluding hydrogens is 364 g/mol. The Kier molecular flexibility index (Phi) is 3.33. The van der Waals surface area contributed by atoms with Crippen LogP contribution in [0.25, 0.3) is 11.1 Å². The van der Waals surface area contributed by atoms with Crippen molar-refractivity contribution in [2.75, 3.05) is 18.0 Å². The van der Waals surface area contributed by atoms with E-state index in [0.29, 0.717) is 16.6 Å². The molecule has 1 saturated heterocycles. The van der Waals surface area contributed by atoms with Crippen molar-refractivity contribution in [2.45, 2.75) is 37.6 Å². The molecule has 1 N–H and O–H groups in total. The molecule has 1 amide bonds. The largest absolute Gasteiger partial charge is 0.423 e. The number of hydrogen-bond donors (Lipinski definition) is 1. The molecule has 138 valence electrons. The third-order valence-electron chi connectivity index (χ3n) is 5.83. The van der Waals surface area contributed by atoms with E-state index < -0.39 is 11.8 Å². The summed E-state index contributed by atoms with van der Waals surface area (Å²) in [6.45, 7) is 1.67. The first kappa shape index (κ1) is 16.3. The summed E-state index contributed by atoms with van der Waals surface area (Å²) in [5.74, 6) is -3.39. The summed E-state index contributed by atoms with van der Waals surface area (Å²) in [4.78, 5) is 18.5. The number of anilines is 1. The van der Waals surface area contributed by atoms with Crippen molar-refractivity contribution in [3.63, 3.8) is 0 Å². The summed E-state index contributed by atoms with van der Waals surface area (Å²) in [7, 11) is 0. The van der Waals surface area contributed by atoms with Gasteiger partial charge in [-0.15, -0.1) is 0 Å². The van der Waals surface area contributed by atoms with Gasteiger partial charge < -0.3 is 14.6 Å². The summed E-state index contributed by atoms with van der Waals surface area (Å²) in [5, 5.41) is 3.54. The van der Waals surface area contributed by atoms with Crippen LogP contribution in [0.4, 0.5) is 14.8 Å². The van der Waals surface area contributed by atoms with Gasteiger partial charge in [-0.25, -0.2) is 8.78 Å². The molecule has 5 rings (SSSR count). The average molecular weight is 382 g/mol. The highest BCUT2D eigenvalue weighted by atomic mass is 35.5. The minimum Gasteiger partial charge on any atom is -0.423 e. The molecule has 1 aromatic heterocycles. The predicted octanol–water partition coefficient (Wildman–Crippen LogP) is 3.61. The molecule has 3 fully saturated rings. The van der Waals surface area contributed by atoms with E-state index in [1.807, 2.05) is 6.07 Å². The highest BCUT2D eigenvalue weighted by Gasteiger charge is 2.55.